The second-order valence-corrected chi connectivity index (χ2v) is 6.14. The molecule has 2 rings (SSSR count). The van der Waals surface area contributed by atoms with Crippen molar-refractivity contribution < 1.29 is 9.47 Å². The number of hydrogen-bond acceptors (Lipinski definition) is 3. The molecule has 0 spiro atoms. The van der Waals surface area contributed by atoms with Crippen LogP contribution < -0.4 is 14.8 Å². The van der Waals surface area contributed by atoms with Crippen molar-refractivity contribution in [1.82, 2.24) is 5.32 Å². The van der Waals surface area contributed by atoms with E-state index in [9.17, 15) is 0 Å². The zero-order chi connectivity index (χ0) is 15.2. The Morgan fingerprint density at radius 2 is 1.95 bits per heavy atom. The molecular weight excluding hydrogens is 262 g/mol. The Hall–Kier alpha value is -1.22. The van der Waals surface area contributed by atoms with Gasteiger partial charge in [0.15, 0.2) is 11.5 Å². The molecule has 3 nitrogen and oxygen atoms in total. The van der Waals surface area contributed by atoms with Crippen molar-refractivity contribution in [3.05, 3.63) is 23.8 Å². The topological polar surface area (TPSA) is 30.5 Å². The van der Waals surface area contributed by atoms with Crippen LogP contribution in [0.2, 0.25) is 0 Å². The van der Waals surface area contributed by atoms with Crippen LogP contribution in [0, 0.1) is 5.92 Å². The van der Waals surface area contributed by atoms with Crippen LogP contribution in [0.3, 0.4) is 0 Å². The highest BCUT2D eigenvalue weighted by Gasteiger charge is 2.22. The minimum atomic E-state index is 0.338. The van der Waals surface area contributed by atoms with Gasteiger partial charge in [0, 0.05) is 12.1 Å². The predicted molar refractivity (Wildman–Crippen MR) is 87.1 cm³/mol. The van der Waals surface area contributed by atoms with E-state index in [2.05, 4.69) is 31.3 Å². The molecule has 0 saturated heterocycles. The molecule has 1 aliphatic rings. The van der Waals surface area contributed by atoms with Crippen LogP contribution in [0.4, 0.5) is 0 Å². The van der Waals surface area contributed by atoms with Crippen LogP contribution in [0.15, 0.2) is 18.2 Å². The lowest BCUT2D eigenvalue weighted by molar-refractivity contribution is 0.265. The molecule has 0 radical (unpaired) electrons. The molecule has 1 saturated carbocycles. The maximum Gasteiger partial charge on any atom is 0.161 e. The van der Waals surface area contributed by atoms with Crippen LogP contribution >= 0.6 is 0 Å². The van der Waals surface area contributed by atoms with E-state index in [0.29, 0.717) is 12.1 Å². The van der Waals surface area contributed by atoms with Crippen molar-refractivity contribution >= 4 is 0 Å². The highest BCUT2D eigenvalue weighted by molar-refractivity contribution is 5.43. The fraction of sp³-hybridized carbons (Fsp3) is 0.667. The summed E-state index contributed by atoms with van der Waals surface area (Å²) >= 11 is 0. The van der Waals surface area contributed by atoms with Crippen molar-refractivity contribution in [2.45, 2.75) is 58.0 Å². The minimum Gasteiger partial charge on any atom is -0.493 e. The summed E-state index contributed by atoms with van der Waals surface area (Å²) in [5.41, 5.74) is 1.26. The number of rotatable bonds is 6. The summed E-state index contributed by atoms with van der Waals surface area (Å²) in [6.45, 7) is 4.54. The largest absolute Gasteiger partial charge is 0.493 e. The van der Waals surface area contributed by atoms with E-state index in [1.165, 1.54) is 37.7 Å². The lowest BCUT2D eigenvalue weighted by Gasteiger charge is -2.31. The van der Waals surface area contributed by atoms with Gasteiger partial charge in [-0.05, 0) is 43.4 Å². The van der Waals surface area contributed by atoms with Gasteiger partial charge in [0.05, 0.1) is 14.2 Å². The number of benzene rings is 1. The number of nitrogens with one attached hydrogen (secondary N) is 1. The Bertz CT molecular complexity index is 447. The second-order valence-electron chi connectivity index (χ2n) is 6.14. The molecule has 21 heavy (non-hydrogen) atoms. The first kappa shape index (κ1) is 16.2. The molecule has 1 fully saturated rings. The van der Waals surface area contributed by atoms with Gasteiger partial charge in [-0.1, -0.05) is 32.3 Å². The van der Waals surface area contributed by atoms with Gasteiger partial charge < -0.3 is 14.8 Å². The van der Waals surface area contributed by atoms with Gasteiger partial charge in [-0.15, -0.1) is 0 Å². The summed E-state index contributed by atoms with van der Waals surface area (Å²) in [7, 11) is 3.36. The van der Waals surface area contributed by atoms with Gasteiger partial charge >= 0.3 is 0 Å². The Balaban J connectivity index is 2.01. The van der Waals surface area contributed by atoms with Crippen LogP contribution in [0.5, 0.6) is 11.5 Å². The number of methoxy groups -OCH3 is 2. The summed E-state index contributed by atoms with van der Waals surface area (Å²) in [4.78, 5) is 0. The summed E-state index contributed by atoms with van der Waals surface area (Å²) in [6.07, 6.45) is 6.68. The average Bonchev–Trinajstić information content (AvgIpc) is 2.54. The first-order valence-corrected chi connectivity index (χ1v) is 8.15. The Morgan fingerprint density at radius 1 is 1.19 bits per heavy atom. The van der Waals surface area contributed by atoms with Gasteiger partial charge in [0.2, 0.25) is 0 Å². The summed E-state index contributed by atoms with van der Waals surface area (Å²) < 4.78 is 10.7. The quantitative estimate of drug-likeness (QED) is 0.846. The molecule has 1 aliphatic carbocycles. The zero-order valence-corrected chi connectivity index (χ0v) is 13.8. The fourth-order valence-electron chi connectivity index (χ4n) is 3.39. The molecule has 1 aromatic rings. The molecule has 0 amide bonds. The van der Waals surface area contributed by atoms with Gasteiger partial charge in [-0.25, -0.2) is 0 Å². The van der Waals surface area contributed by atoms with Gasteiger partial charge in [-0.2, -0.15) is 0 Å². The van der Waals surface area contributed by atoms with E-state index in [1.807, 2.05) is 6.07 Å². The monoisotopic (exact) mass is 291 g/mol. The van der Waals surface area contributed by atoms with E-state index >= 15 is 0 Å². The van der Waals surface area contributed by atoms with Crippen molar-refractivity contribution in [1.29, 1.82) is 0 Å². The third kappa shape index (κ3) is 4.13. The average molecular weight is 291 g/mol. The predicted octanol–water partition coefficient (Wildman–Crippen LogP) is 4.32. The highest BCUT2D eigenvalue weighted by Crippen LogP contribution is 2.32. The molecule has 118 valence electrons. The highest BCUT2D eigenvalue weighted by atomic mass is 16.5. The first-order chi connectivity index (χ1) is 10.2. The summed E-state index contributed by atoms with van der Waals surface area (Å²) in [5, 5.41) is 3.79. The van der Waals surface area contributed by atoms with E-state index in [-0.39, 0.29) is 0 Å². The lowest BCUT2D eigenvalue weighted by Crippen LogP contribution is -2.35. The standard InChI is InChI=1S/C18H29NO2/c1-5-14-7-6-8-16(11-14)19-13(2)15-9-10-17(20-3)18(12-15)21-4/h9-10,12-14,16,19H,5-8,11H2,1-4H3. The maximum atomic E-state index is 5.40. The summed E-state index contributed by atoms with van der Waals surface area (Å²) in [5.74, 6) is 2.49. The van der Waals surface area contributed by atoms with E-state index in [4.69, 9.17) is 9.47 Å². The molecule has 1 aromatic carbocycles. The third-order valence-electron chi connectivity index (χ3n) is 4.75. The Morgan fingerprint density at radius 3 is 2.62 bits per heavy atom. The normalized spacial score (nSPS) is 23.6. The maximum absolute atomic E-state index is 5.40. The molecule has 0 aliphatic heterocycles. The third-order valence-corrected chi connectivity index (χ3v) is 4.75. The van der Waals surface area contributed by atoms with E-state index < -0.39 is 0 Å². The van der Waals surface area contributed by atoms with Gasteiger partial charge in [0.25, 0.3) is 0 Å². The van der Waals surface area contributed by atoms with Crippen LogP contribution in [0.1, 0.15) is 57.6 Å². The SMILES string of the molecule is CCC1CCCC(NC(C)c2ccc(OC)c(OC)c2)C1. The summed E-state index contributed by atoms with van der Waals surface area (Å²) in [6, 6.07) is 7.18. The molecule has 0 aromatic heterocycles. The molecule has 3 heteroatoms. The number of hydrogen-bond donors (Lipinski definition) is 1. The van der Waals surface area contributed by atoms with Crippen LogP contribution in [0.25, 0.3) is 0 Å². The molecule has 3 atom stereocenters. The van der Waals surface area contributed by atoms with E-state index in [1.54, 1.807) is 14.2 Å². The van der Waals surface area contributed by atoms with Crippen LogP contribution in [-0.4, -0.2) is 20.3 Å². The Kier molecular flexibility index (Phi) is 5.92. The van der Waals surface area contributed by atoms with Gasteiger partial charge in [0.1, 0.15) is 0 Å². The fourth-order valence-corrected chi connectivity index (χ4v) is 3.39. The molecule has 1 N–H and O–H groups in total. The second kappa shape index (κ2) is 7.69. The van der Waals surface area contributed by atoms with Crippen molar-refractivity contribution in [3.8, 4) is 11.5 Å². The zero-order valence-electron chi connectivity index (χ0n) is 13.8. The van der Waals surface area contributed by atoms with Crippen molar-refractivity contribution in [2.24, 2.45) is 5.92 Å². The van der Waals surface area contributed by atoms with Gasteiger partial charge in [-0.3, -0.25) is 0 Å². The molecule has 0 bridgehead atoms. The smallest absolute Gasteiger partial charge is 0.161 e. The van der Waals surface area contributed by atoms with E-state index in [0.717, 1.165) is 17.4 Å². The Labute approximate surface area is 129 Å². The van der Waals surface area contributed by atoms with Crippen molar-refractivity contribution in [3.63, 3.8) is 0 Å². The number of ether oxygens (including phenoxy) is 2. The molecule has 3 unspecified atom stereocenters. The van der Waals surface area contributed by atoms with Crippen LogP contribution in [-0.2, 0) is 0 Å². The molecular formula is C18H29NO2. The van der Waals surface area contributed by atoms with Crippen molar-refractivity contribution in [2.75, 3.05) is 14.2 Å². The molecule has 0 heterocycles. The first-order valence-electron chi connectivity index (χ1n) is 8.15. The lowest BCUT2D eigenvalue weighted by atomic mass is 9.84. The minimum absolute atomic E-state index is 0.338.